The van der Waals surface area contributed by atoms with Crippen molar-refractivity contribution in [3.63, 3.8) is 0 Å². The lowest BCUT2D eigenvalue weighted by atomic mass is 10.1. The molecule has 0 saturated heterocycles. The predicted octanol–water partition coefficient (Wildman–Crippen LogP) is 6.67. The molecule has 0 aliphatic carbocycles. The van der Waals surface area contributed by atoms with E-state index in [9.17, 15) is 4.79 Å². The van der Waals surface area contributed by atoms with Gasteiger partial charge in [-0.15, -0.1) is 0 Å². The Labute approximate surface area is 209 Å². The molecule has 0 bridgehead atoms. The van der Waals surface area contributed by atoms with Crippen molar-refractivity contribution < 1.29 is 9.21 Å². The minimum absolute atomic E-state index is 0.143. The molecule has 174 valence electrons. The molecule has 34 heavy (non-hydrogen) atoms. The van der Waals surface area contributed by atoms with E-state index in [0.29, 0.717) is 35.6 Å². The minimum Gasteiger partial charge on any atom is -0.447 e. The molecule has 1 unspecified atom stereocenters. The Morgan fingerprint density at radius 2 is 1.68 bits per heavy atom. The SMILES string of the molecule is CC(NC(=O)c1coc(CN(Cc2ccccc2)Cc2ccc(Cl)cc2Cl)n1)c1ccccc1. The van der Waals surface area contributed by atoms with Crippen molar-refractivity contribution in [3.05, 3.63) is 123 Å². The lowest BCUT2D eigenvalue weighted by molar-refractivity contribution is 0.0934. The maximum absolute atomic E-state index is 12.7. The van der Waals surface area contributed by atoms with Gasteiger partial charge in [0, 0.05) is 23.1 Å². The molecule has 1 N–H and O–H groups in total. The Kier molecular flexibility index (Phi) is 8.01. The van der Waals surface area contributed by atoms with Gasteiger partial charge in [-0.1, -0.05) is 89.9 Å². The van der Waals surface area contributed by atoms with Gasteiger partial charge in [-0.05, 0) is 35.7 Å². The number of amides is 1. The molecule has 0 saturated carbocycles. The van der Waals surface area contributed by atoms with E-state index in [1.54, 1.807) is 6.07 Å². The molecule has 1 heterocycles. The Morgan fingerprint density at radius 3 is 2.38 bits per heavy atom. The second kappa shape index (κ2) is 11.3. The van der Waals surface area contributed by atoms with Gasteiger partial charge in [0.2, 0.25) is 5.89 Å². The third kappa shape index (κ3) is 6.48. The van der Waals surface area contributed by atoms with Crippen LogP contribution in [-0.4, -0.2) is 15.8 Å². The number of carbonyl (C=O) groups is 1. The summed E-state index contributed by atoms with van der Waals surface area (Å²) < 4.78 is 5.66. The van der Waals surface area contributed by atoms with Crippen LogP contribution in [0, 0.1) is 0 Å². The number of aromatic nitrogens is 1. The molecule has 1 atom stereocenters. The number of rotatable bonds is 9. The van der Waals surface area contributed by atoms with Gasteiger partial charge in [-0.25, -0.2) is 4.98 Å². The van der Waals surface area contributed by atoms with Crippen LogP contribution in [0.5, 0.6) is 0 Å². The summed E-state index contributed by atoms with van der Waals surface area (Å²) in [6.07, 6.45) is 1.40. The van der Waals surface area contributed by atoms with Crippen LogP contribution in [0.1, 0.15) is 46.0 Å². The van der Waals surface area contributed by atoms with E-state index in [2.05, 4.69) is 27.3 Å². The van der Waals surface area contributed by atoms with Gasteiger partial charge in [-0.3, -0.25) is 9.69 Å². The van der Waals surface area contributed by atoms with Crippen LogP contribution < -0.4 is 5.32 Å². The summed E-state index contributed by atoms with van der Waals surface area (Å²) in [5, 5.41) is 4.17. The fraction of sp³-hybridized carbons (Fsp3) is 0.185. The molecule has 1 amide bonds. The summed E-state index contributed by atoms with van der Waals surface area (Å²) in [5.74, 6) is 0.181. The van der Waals surface area contributed by atoms with Gasteiger partial charge in [-0.2, -0.15) is 0 Å². The van der Waals surface area contributed by atoms with Crippen molar-refractivity contribution >= 4 is 29.1 Å². The zero-order valence-corrected chi connectivity index (χ0v) is 20.3. The lowest BCUT2D eigenvalue weighted by Crippen LogP contribution is -2.27. The largest absolute Gasteiger partial charge is 0.447 e. The van der Waals surface area contributed by atoms with Crippen molar-refractivity contribution in [1.82, 2.24) is 15.2 Å². The Bertz CT molecular complexity index is 1230. The molecule has 0 aliphatic heterocycles. The van der Waals surface area contributed by atoms with Gasteiger partial charge >= 0.3 is 0 Å². The molecular weight excluding hydrogens is 469 g/mol. The monoisotopic (exact) mass is 493 g/mol. The minimum atomic E-state index is -0.276. The number of nitrogens with zero attached hydrogens (tertiary/aromatic N) is 2. The fourth-order valence-corrected chi connectivity index (χ4v) is 4.14. The highest BCUT2D eigenvalue weighted by Gasteiger charge is 2.18. The average molecular weight is 494 g/mol. The predicted molar refractivity (Wildman–Crippen MR) is 135 cm³/mol. The molecule has 5 nitrogen and oxygen atoms in total. The summed E-state index contributed by atoms with van der Waals surface area (Å²) in [5.41, 5.74) is 3.37. The van der Waals surface area contributed by atoms with Crippen molar-refractivity contribution in [2.45, 2.75) is 32.6 Å². The molecule has 0 aliphatic rings. The first kappa shape index (κ1) is 24.0. The lowest BCUT2D eigenvalue weighted by Gasteiger charge is -2.21. The first-order valence-corrected chi connectivity index (χ1v) is 11.7. The van der Waals surface area contributed by atoms with E-state index in [1.807, 2.05) is 67.6 Å². The van der Waals surface area contributed by atoms with E-state index >= 15 is 0 Å². The Morgan fingerprint density at radius 1 is 0.971 bits per heavy atom. The highest BCUT2D eigenvalue weighted by atomic mass is 35.5. The number of carbonyl (C=O) groups excluding carboxylic acids is 1. The second-order valence-corrected chi connectivity index (χ2v) is 8.94. The van der Waals surface area contributed by atoms with Crippen LogP contribution in [0.15, 0.2) is 89.5 Å². The molecular formula is C27H25Cl2N3O2. The van der Waals surface area contributed by atoms with Crippen molar-refractivity contribution in [1.29, 1.82) is 0 Å². The van der Waals surface area contributed by atoms with Crippen LogP contribution in [0.2, 0.25) is 10.0 Å². The van der Waals surface area contributed by atoms with E-state index in [0.717, 1.165) is 16.7 Å². The summed E-state index contributed by atoms with van der Waals surface area (Å²) in [4.78, 5) is 19.3. The van der Waals surface area contributed by atoms with Crippen molar-refractivity contribution in [3.8, 4) is 0 Å². The third-order valence-corrected chi connectivity index (χ3v) is 6.04. The molecule has 7 heteroatoms. The van der Waals surface area contributed by atoms with Gasteiger partial charge < -0.3 is 9.73 Å². The van der Waals surface area contributed by atoms with Crippen molar-refractivity contribution in [2.75, 3.05) is 0 Å². The first-order chi connectivity index (χ1) is 16.5. The number of hydrogen-bond acceptors (Lipinski definition) is 4. The van der Waals surface area contributed by atoms with Crippen LogP contribution in [0.4, 0.5) is 0 Å². The molecule has 0 radical (unpaired) electrons. The van der Waals surface area contributed by atoms with Crippen LogP contribution >= 0.6 is 23.2 Å². The van der Waals surface area contributed by atoms with E-state index in [1.165, 1.54) is 6.26 Å². The van der Waals surface area contributed by atoms with Crippen LogP contribution in [-0.2, 0) is 19.6 Å². The molecule has 0 spiro atoms. The molecule has 3 aromatic carbocycles. The molecule has 0 fully saturated rings. The zero-order valence-electron chi connectivity index (χ0n) is 18.7. The van der Waals surface area contributed by atoms with Gasteiger partial charge in [0.25, 0.3) is 5.91 Å². The summed E-state index contributed by atoms with van der Waals surface area (Å²) >= 11 is 12.5. The normalized spacial score (nSPS) is 12.0. The Balaban J connectivity index is 1.47. The van der Waals surface area contributed by atoms with E-state index < -0.39 is 0 Å². The highest BCUT2D eigenvalue weighted by Crippen LogP contribution is 2.24. The molecule has 1 aromatic heterocycles. The van der Waals surface area contributed by atoms with E-state index in [4.69, 9.17) is 27.6 Å². The Hall–Kier alpha value is -3.12. The molecule has 4 aromatic rings. The topological polar surface area (TPSA) is 58.4 Å². The number of hydrogen-bond donors (Lipinski definition) is 1. The second-order valence-electron chi connectivity index (χ2n) is 8.10. The van der Waals surface area contributed by atoms with Crippen LogP contribution in [0.25, 0.3) is 0 Å². The fourth-order valence-electron chi connectivity index (χ4n) is 3.67. The average Bonchev–Trinajstić information content (AvgIpc) is 3.31. The number of benzene rings is 3. The summed E-state index contributed by atoms with van der Waals surface area (Å²) in [6, 6.07) is 25.2. The molecule has 4 rings (SSSR count). The summed E-state index contributed by atoms with van der Waals surface area (Å²) in [7, 11) is 0. The van der Waals surface area contributed by atoms with Gasteiger partial charge in [0.05, 0.1) is 12.6 Å². The van der Waals surface area contributed by atoms with Gasteiger partial charge in [0.15, 0.2) is 5.69 Å². The number of nitrogens with one attached hydrogen (secondary N) is 1. The summed E-state index contributed by atoms with van der Waals surface area (Å²) in [6.45, 7) is 3.58. The first-order valence-electron chi connectivity index (χ1n) is 11.0. The highest BCUT2D eigenvalue weighted by molar-refractivity contribution is 6.35. The van der Waals surface area contributed by atoms with E-state index in [-0.39, 0.29) is 17.6 Å². The van der Waals surface area contributed by atoms with Gasteiger partial charge in [0.1, 0.15) is 6.26 Å². The standard InChI is InChI=1S/C27H25Cl2N3O2/c1-19(21-10-6-3-7-11-21)30-27(33)25-18-34-26(31-25)17-32(15-20-8-4-2-5-9-20)16-22-12-13-23(28)14-24(22)29/h2-14,18-19H,15-17H2,1H3,(H,30,33). The third-order valence-electron chi connectivity index (χ3n) is 5.45. The number of halogens is 2. The van der Waals surface area contributed by atoms with Crippen LogP contribution in [0.3, 0.4) is 0 Å². The number of oxazole rings is 1. The smallest absolute Gasteiger partial charge is 0.273 e. The maximum Gasteiger partial charge on any atom is 0.273 e. The zero-order chi connectivity index (χ0) is 23.9. The quantitative estimate of drug-likeness (QED) is 0.282. The maximum atomic E-state index is 12.7. The van der Waals surface area contributed by atoms with Crippen molar-refractivity contribution in [2.24, 2.45) is 0 Å².